The van der Waals surface area contributed by atoms with Crippen LogP contribution in [0.15, 0.2) is 18.2 Å². The molecule has 1 aromatic rings. The standard InChI is InChI=1S/C14H19NO/c1-5-12-6-9(2)14(10(3)7-12)13(16)8-11(4)15/h6-8,15-16H,5H2,1-4H3/b13-8-,15-11?. The third kappa shape index (κ3) is 2.72. The topological polar surface area (TPSA) is 44.1 Å². The number of benzene rings is 1. The highest BCUT2D eigenvalue weighted by molar-refractivity contribution is 5.96. The fourth-order valence-corrected chi connectivity index (χ4v) is 1.94. The molecule has 2 N–H and O–H groups in total. The first-order chi connectivity index (χ1) is 7.45. The van der Waals surface area contributed by atoms with Gasteiger partial charge < -0.3 is 10.5 Å². The molecule has 0 aromatic heterocycles. The Bertz CT molecular complexity index is 421. The summed E-state index contributed by atoms with van der Waals surface area (Å²) in [5, 5.41) is 17.3. The number of hydrogen-bond donors (Lipinski definition) is 2. The summed E-state index contributed by atoms with van der Waals surface area (Å²) in [6, 6.07) is 4.18. The van der Waals surface area contributed by atoms with E-state index in [2.05, 4.69) is 19.1 Å². The van der Waals surface area contributed by atoms with Gasteiger partial charge in [0.1, 0.15) is 5.76 Å². The molecule has 0 radical (unpaired) electrons. The van der Waals surface area contributed by atoms with Crippen LogP contribution >= 0.6 is 0 Å². The van der Waals surface area contributed by atoms with E-state index in [0.29, 0.717) is 5.71 Å². The van der Waals surface area contributed by atoms with Crippen molar-refractivity contribution in [1.82, 2.24) is 0 Å². The van der Waals surface area contributed by atoms with Gasteiger partial charge in [-0.25, -0.2) is 0 Å². The van der Waals surface area contributed by atoms with Crippen molar-refractivity contribution < 1.29 is 5.11 Å². The molecule has 1 rings (SSSR count). The lowest BCUT2D eigenvalue weighted by Gasteiger charge is -2.11. The van der Waals surface area contributed by atoms with Crippen molar-refractivity contribution in [2.24, 2.45) is 0 Å². The maximum Gasteiger partial charge on any atom is 0.125 e. The molecule has 0 aliphatic heterocycles. The van der Waals surface area contributed by atoms with Gasteiger partial charge in [0, 0.05) is 17.4 Å². The second-order valence-corrected chi connectivity index (χ2v) is 4.17. The molecule has 2 nitrogen and oxygen atoms in total. The van der Waals surface area contributed by atoms with Crippen molar-refractivity contribution in [3.63, 3.8) is 0 Å². The molecule has 0 atom stereocenters. The average Bonchev–Trinajstić information content (AvgIpc) is 2.15. The first kappa shape index (κ1) is 12.5. The Balaban J connectivity index is 3.30. The van der Waals surface area contributed by atoms with Crippen LogP contribution in [0.4, 0.5) is 0 Å². The lowest BCUT2D eigenvalue weighted by Crippen LogP contribution is -1.97. The minimum atomic E-state index is 0.185. The first-order valence-corrected chi connectivity index (χ1v) is 5.52. The third-order valence-corrected chi connectivity index (χ3v) is 2.61. The van der Waals surface area contributed by atoms with Gasteiger partial charge in [0.25, 0.3) is 0 Å². The van der Waals surface area contributed by atoms with Gasteiger partial charge in [-0.3, -0.25) is 0 Å². The van der Waals surface area contributed by atoms with E-state index in [9.17, 15) is 5.11 Å². The van der Waals surface area contributed by atoms with Crippen LogP contribution in [-0.4, -0.2) is 10.8 Å². The summed E-state index contributed by atoms with van der Waals surface area (Å²) in [6.45, 7) is 7.75. The Morgan fingerprint density at radius 1 is 1.31 bits per heavy atom. The van der Waals surface area contributed by atoms with Crippen LogP contribution in [-0.2, 0) is 6.42 Å². The summed E-state index contributed by atoms with van der Waals surface area (Å²) in [4.78, 5) is 0. The zero-order chi connectivity index (χ0) is 12.3. The van der Waals surface area contributed by atoms with Crippen LogP contribution in [0.5, 0.6) is 0 Å². The fraction of sp³-hybridized carbons (Fsp3) is 0.357. The quantitative estimate of drug-likeness (QED) is 0.587. The Morgan fingerprint density at radius 3 is 2.19 bits per heavy atom. The largest absolute Gasteiger partial charge is 0.507 e. The number of aliphatic hydroxyl groups is 1. The molecule has 0 spiro atoms. The van der Waals surface area contributed by atoms with E-state index in [-0.39, 0.29) is 5.76 Å². The van der Waals surface area contributed by atoms with E-state index in [1.807, 2.05) is 13.8 Å². The first-order valence-electron chi connectivity index (χ1n) is 5.52. The molecule has 0 saturated carbocycles. The molecule has 0 saturated heterocycles. The molecule has 0 bridgehead atoms. The van der Waals surface area contributed by atoms with Crippen molar-refractivity contribution in [1.29, 1.82) is 5.41 Å². The van der Waals surface area contributed by atoms with Gasteiger partial charge in [-0.2, -0.15) is 0 Å². The highest BCUT2D eigenvalue weighted by atomic mass is 16.3. The number of hydrogen-bond acceptors (Lipinski definition) is 2. The summed E-state index contributed by atoms with van der Waals surface area (Å²) >= 11 is 0. The second kappa shape index (κ2) is 4.97. The summed E-state index contributed by atoms with van der Waals surface area (Å²) in [5.41, 5.74) is 4.61. The fourth-order valence-electron chi connectivity index (χ4n) is 1.94. The lowest BCUT2D eigenvalue weighted by molar-refractivity contribution is 0.511. The van der Waals surface area contributed by atoms with E-state index < -0.39 is 0 Å². The van der Waals surface area contributed by atoms with Gasteiger partial charge in [0.05, 0.1) is 0 Å². The van der Waals surface area contributed by atoms with Gasteiger partial charge in [0.15, 0.2) is 0 Å². The summed E-state index contributed by atoms with van der Waals surface area (Å²) in [5.74, 6) is 0.185. The predicted octanol–water partition coefficient (Wildman–Crippen LogP) is 3.80. The molecular weight excluding hydrogens is 198 g/mol. The molecule has 0 aliphatic rings. The SMILES string of the molecule is CCc1cc(C)c(/C(O)=C/C(C)=N)c(C)c1. The number of aliphatic hydroxyl groups excluding tert-OH is 1. The Morgan fingerprint density at radius 2 is 1.81 bits per heavy atom. The summed E-state index contributed by atoms with van der Waals surface area (Å²) in [6.07, 6.45) is 2.48. The summed E-state index contributed by atoms with van der Waals surface area (Å²) in [7, 11) is 0. The Kier molecular flexibility index (Phi) is 3.88. The monoisotopic (exact) mass is 217 g/mol. The van der Waals surface area contributed by atoms with E-state index in [1.165, 1.54) is 11.6 Å². The average molecular weight is 217 g/mol. The van der Waals surface area contributed by atoms with Crippen LogP contribution in [0.25, 0.3) is 5.76 Å². The van der Waals surface area contributed by atoms with E-state index in [1.54, 1.807) is 6.92 Å². The maximum atomic E-state index is 9.94. The van der Waals surface area contributed by atoms with Crippen molar-refractivity contribution in [2.75, 3.05) is 0 Å². The lowest BCUT2D eigenvalue weighted by atomic mass is 9.96. The van der Waals surface area contributed by atoms with Gasteiger partial charge >= 0.3 is 0 Å². The number of nitrogens with one attached hydrogen (secondary N) is 1. The molecular formula is C14H19NO. The third-order valence-electron chi connectivity index (χ3n) is 2.61. The van der Waals surface area contributed by atoms with Crippen LogP contribution < -0.4 is 0 Å². The van der Waals surface area contributed by atoms with Gasteiger partial charge in [0.2, 0.25) is 0 Å². The second-order valence-electron chi connectivity index (χ2n) is 4.17. The molecule has 16 heavy (non-hydrogen) atoms. The minimum Gasteiger partial charge on any atom is -0.507 e. The number of rotatable bonds is 3. The van der Waals surface area contributed by atoms with E-state index in [4.69, 9.17) is 5.41 Å². The van der Waals surface area contributed by atoms with Crippen molar-refractivity contribution >= 4 is 11.5 Å². The molecule has 0 aliphatic carbocycles. The number of aryl methyl sites for hydroxylation is 3. The molecule has 2 heteroatoms. The zero-order valence-electron chi connectivity index (χ0n) is 10.4. The van der Waals surface area contributed by atoms with Crippen LogP contribution in [0.1, 0.15) is 36.1 Å². The molecule has 0 fully saturated rings. The Labute approximate surface area is 97.1 Å². The van der Waals surface area contributed by atoms with Gasteiger partial charge in [-0.05, 0) is 43.9 Å². The molecule has 0 heterocycles. The number of allylic oxidation sites excluding steroid dienone is 1. The summed E-state index contributed by atoms with van der Waals surface area (Å²) < 4.78 is 0. The Hall–Kier alpha value is -1.57. The zero-order valence-corrected chi connectivity index (χ0v) is 10.4. The normalized spacial score (nSPS) is 11.6. The predicted molar refractivity (Wildman–Crippen MR) is 69.3 cm³/mol. The highest BCUT2D eigenvalue weighted by Gasteiger charge is 2.08. The van der Waals surface area contributed by atoms with Crippen molar-refractivity contribution in [2.45, 2.75) is 34.1 Å². The van der Waals surface area contributed by atoms with Gasteiger partial charge in [-0.1, -0.05) is 19.1 Å². The molecule has 1 aromatic carbocycles. The van der Waals surface area contributed by atoms with E-state index in [0.717, 1.165) is 23.1 Å². The van der Waals surface area contributed by atoms with Crippen molar-refractivity contribution in [3.8, 4) is 0 Å². The smallest absolute Gasteiger partial charge is 0.125 e. The molecule has 86 valence electrons. The van der Waals surface area contributed by atoms with Crippen molar-refractivity contribution in [3.05, 3.63) is 40.5 Å². The maximum absolute atomic E-state index is 9.94. The molecule has 0 unspecified atom stereocenters. The highest BCUT2D eigenvalue weighted by Crippen LogP contribution is 2.23. The van der Waals surface area contributed by atoms with Crippen LogP contribution in [0.3, 0.4) is 0 Å². The van der Waals surface area contributed by atoms with Crippen LogP contribution in [0.2, 0.25) is 0 Å². The van der Waals surface area contributed by atoms with E-state index >= 15 is 0 Å². The minimum absolute atomic E-state index is 0.185. The van der Waals surface area contributed by atoms with Crippen LogP contribution in [0, 0.1) is 19.3 Å². The molecule has 0 amide bonds. The van der Waals surface area contributed by atoms with Gasteiger partial charge in [-0.15, -0.1) is 0 Å².